The highest BCUT2D eigenvalue weighted by molar-refractivity contribution is 5.57. The predicted octanol–water partition coefficient (Wildman–Crippen LogP) is 2.90. The molecule has 1 saturated carbocycles. The van der Waals surface area contributed by atoms with Crippen LogP contribution in [0, 0.1) is 23.0 Å². The molecule has 1 heterocycles. The summed E-state index contributed by atoms with van der Waals surface area (Å²) in [6.07, 6.45) is 5.08. The van der Waals surface area contributed by atoms with Crippen molar-refractivity contribution in [3.63, 3.8) is 0 Å². The van der Waals surface area contributed by atoms with Crippen LogP contribution in [0.25, 0.3) is 0 Å². The molecule has 2 rings (SSSR count). The summed E-state index contributed by atoms with van der Waals surface area (Å²) in [5.74, 6) is 0.956. The molecule has 2 unspecified atom stereocenters. The first kappa shape index (κ1) is 11.8. The molecule has 0 amide bonds. The first-order valence-corrected chi connectivity index (χ1v) is 5.95. The molecule has 1 aliphatic carbocycles. The zero-order valence-corrected chi connectivity index (χ0v) is 10.1. The van der Waals surface area contributed by atoms with E-state index >= 15 is 0 Å². The summed E-state index contributed by atoms with van der Waals surface area (Å²) in [5.41, 5.74) is 0.880. The number of aryl methyl sites for hydroxylation is 1. The predicted molar refractivity (Wildman–Crippen MR) is 66.1 cm³/mol. The molecule has 1 aromatic rings. The Morgan fingerprint density at radius 3 is 2.88 bits per heavy atom. The highest BCUT2D eigenvalue weighted by Gasteiger charge is 2.26. The monoisotopic (exact) mass is 235 g/mol. The zero-order chi connectivity index (χ0) is 12.4. The van der Waals surface area contributed by atoms with Crippen LogP contribution in [0.2, 0.25) is 0 Å². The molecule has 92 valence electrons. The zero-order valence-electron chi connectivity index (χ0n) is 10.1. The van der Waals surface area contributed by atoms with E-state index in [0.29, 0.717) is 17.8 Å². The normalized spacial score (nSPS) is 23.6. The number of hydrogen-bond acceptors (Lipinski definition) is 4. The van der Waals surface area contributed by atoms with E-state index < -0.39 is 0 Å². The van der Waals surface area contributed by atoms with Crippen molar-refractivity contribution in [2.24, 2.45) is 5.92 Å². The lowest BCUT2D eigenvalue weighted by Gasteiger charge is -2.17. The molecule has 5 nitrogen and oxygen atoms in total. The Labute approximate surface area is 100 Å². The minimum absolute atomic E-state index is 0.0732. The van der Waals surface area contributed by atoms with Crippen molar-refractivity contribution < 1.29 is 4.92 Å². The molecule has 0 aliphatic heterocycles. The molecule has 1 aromatic heterocycles. The maximum Gasteiger partial charge on any atom is 0.311 e. The Morgan fingerprint density at radius 1 is 1.53 bits per heavy atom. The smallest absolute Gasteiger partial charge is 0.311 e. The van der Waals surface area contributed by atoms with Crippen LogP contribution >= 0.6 is 0 Å². The Hall–Kier alpha value is -1.65. The molecule has 0 aromatic carbocycles. The van der Waals surface area contributed by atoms with Crippen molar-refractivity contribution in [3.05, 3.63) is 27.9 Å². The van der Waals surface area contributed by atoms with Crippen molar-refractivity contribution >= 4 is 11.5 Å². The van der Waals surface area contributed by atoms with Crippen molar-refractivity contribution in [2.75, 3.05) is 5.32 Å². The van der Waals surface area contributed by atoms with Crippen LogP contribution in [-0.4, -0.2) is 15.9 Å². The van der Waals surface area contributed by atoms with E-state index in [1.165, 1.54) is 12.8 Å². The van der Waals surface area contributed by atoms with Crippen molar-refractivity contribution in [1.82, 2.24) is 4.98 Å². The van der Waals surface area contributed by atoms with Gasteiger partial charge in [0.15, 0.2) is 0 Å². The van der Waals surface area contributed by atoms with Crippen LogP contribution in [0.4, 0.5) is 11.5 Å². The van der Waals surface area contributed by atoms with E-state index in [0.717, 1.165) is 12.0 Å². The van der Waals surface area contributed by atoms with Gasteiger partial charge in [0.05, 0.1) is 4.92 Å². The number of nitrogens with zero attached hydrogens (tertiary/aromatic N) is 2. The van der Waals surface area contributed by atoms with Gasteiger partial charge in [-0.3, -0.25) is 10.1 Å². The Balaban J connectivity index is 2.22. The largest absolute Gasteiger partial charge is 0.361 e. The van der Waals surface area contributed by atoms with Gasteiger partial charge in [-0.05, 0) is 31.2 Å². The number of nitrogens with one attached hydrogen (secondary N) is 1. The lowest BCUT2D eigenvalue weighted by molar-refractivity contribution is -0.384. The number of rotatable bonds is 3. The van der Waals surface area contributed by atoms with Gasteiger partial charge in [-0.25, -0.2) is 4.98 Å². The lowest BCUT2D eigenvalue weighted by Crippen LogP contribution is -2.23. The summed E-state index contributed by atoms with van der Waals surface area (Å²) < 4.78 is 0. The van der Waals surface area contributed by atoms with E-state index in [-0.39, 0.29) is 10.6 Å². The van der Waals surface area contributed by atoms with Crippen LogP contribution in [0.15, 0.2) is 12.3 Å². The van der Waals surface area contributed by atoms with Gasteiger partial charge in [0, 0.05) is 18.3 Å². The summed E-state index contributed by atoms with van der Waals surface area (Å²) in [5, 5.41) is 14.2. The molecule has 0 saturated heterocycles. The fourth-order valence-corrected chi connectivity index (χ4v) is 2.34. The third kappa shape index (κ3) is 2.54. The van der Waals surface area contributed by atoms with Crippen LogP contribution in [0.1, 0.15) is 31.7 Å². The average Bonchev–Trinajstić information content (AvgIpc) is 2.67. The third-order valence-corrected chi connectivity index (χ3v) is 3.38. The second kappa shape index (κ2) is 4.69. The standard InChI is InChI=1S/C12H17N3O2/c1-8-6-11(15(16)17)12(13-7-8)14-10-5-3-4-9(10)2/h6-7,9-10H,3-5H2,1-2H3,(H,13,14). The van der Waals surface area contributed by atoms with Gasteiger partial charge in [0.25, 0.3) is 0 Å². The maximum atomic E-state index is 11.0. The minimum Gasteiger partial charge on any atom is -0.361 e. The number of pyridine rings is 1. The van der Waals surface area contributed by atoms with Crippen LogP contribution in [0.3, 0.4) is 0 Å². The summed E-state index contributed by atoms with van der Waals surface area (Å²) >= 11 is 0. The molecule has 1 aliphatic rings. The van der Waals surface area contributed by atoms with Crippen LogP contribution in [-0.2, 0) is 0 Å². The number of aromatic nitrogens is 1. The van der Waals surface area contributed by atoms with Crippen molar-refractivity contribution in [3.8, 4) is 0 Å². The maximum absolute atomic E-state index is 11.0. The van der Waals surface area contributed by atoms with E-state index in [1.54, 1.807) is 12.3 Å². The fraction of sp³-hybridized carbons (Fsp3) is 0.583. The highest BCUT2D eigenvalue weighted by atomic mass is 16.6. The number of hydrogen-bond donors (Lipinski definition) is 1. The van der Waals surface area contributed by atoms with E-state index in [2.05, 4.69) is 17.2 Å². The molecular weight excluding hydrogens is 218 g/mol. The molecule has 1 fully saturated rings. The second-order valence-corrected chi connectivity index (χ2v) is 4.80. The van der Waals surface area contributed by atoms with Gasteiger partial charge in [-0.15, -0.1) is 0 Å². The molecule has 1 N–H and O–H groups in total. The van der Waals surface area contributed by atoms with E-state index in [9.17, 15) is 10.1 Å². The van der Waals surface area contributed by atoms with Crippen LogP contribution in [0.5, 0.6) is 0 Å². The van der Waals surface area contributed by atoms with E-state index in [1.807, 2.05) is 6.92 Å². The SMILES string of the molecule is Cc1cnc(NC2CCCC2C)c([N+](=O)[O-])c1. The molecule has 0 bridgehead atoms. The van der Waals surface area contributed by atoms with E-state index in [4.69, 9.17) is 0 Å². The van der Waals surface area contributed by atoms with Gasteiger partial charge in [0.2, 0.25) is 5.82 Å². The van der Waals surface area contributed by atoms with Crippen LogP contribution < -0.4 is 5.32 Å². The van der Waals surface area contributed by atoms with Crippen molar-refractivity contribution in [2.45, 2.75) is 39.2 Å². The first-order chi connectivity index (χ1) is 8.08. The molecule has 2 atom stereocenters. The topological polar surface area (TPSA) is 68.1 Å². The Morgan fingerprint density at radius 2 is 2.29 bits per heavy atom. The summed E-state index contributed by atoms with van der Waals surface area (Å²) in [4.78, 5) is 14.7. The Kier molecular flexibility index (Phi) is 3.26. The van der Waals surface area contributed by atoms with Gasteiger partial charge < -0.3 is 5.32 Å². The molecule has 17 heavy (non-hydrogen) atoms. The third-order valence-electron chi connectivity index (χ3n) is 3.38. The summed E-state index contributed by atoms with van der Waals surface area (Å²) in [7, 11) is 0. The summed E-state index contributed by atoms with van der Waals surface area (Å²) in [6, 6.07) is 1.87. The second-order valence-electron chi connectivity index (χ2n) is 4.80. The molecule has 0 spiro atoms. The average molecular weight is 235 g/mol. The first-order valence-electron chi connectivity index (χ1n) is 5.95. The van der Waals surface area contributed by atoms with Gasteiger partial charge >= 0.3 is 5.69 Å². The quantitative estimate of drug-likeness (QED) is 0.646. The Bertz CT molecular complexity index is 434. The van der Waals surface area contributed by atoms with Gasteiger partial charge in [-0.1, -0.05) is 13.3 Å². The summed E-state index contributed by atoms with van der Waals surface area (Å²) in [6.45, 7) is 3.98. The van der Waals surface area contributed by atoms with Crippen molar-refractivity contribution in [1.29, 1.82) is 0 Å². The minimum atomic E-state index is -0.373. The van der Waals surface area contributed by atoms with Gasteiger partial charge in [-0.2, -0.15) is 0 Å². The molecule has 0 radical (unpaired) electrons. The number of anilines is 1. The fourth-order valence-electron chi connectivity index (χ4n) is 2.34. The highest BCUT2D eigenvalue weighted by Crippen LogP contribution is 2.30. The number of nitro groups is 1. The molecule has 5 heteroatoms. The lowest BCUT2D eigenvalue weighted by atomic mass is 10.1. The molecular formula is C12H17N3O2. The van der Waals surface area contributed by atoms with Gasteiger partial charge in [0.1, 0.15) is 0 Å².